The van der Waals surface area contributed by atoms with E-state index >= 15 is 0 Å². The Bertz CT molecular complexity index is 1130. The van der Waals surface area contributed by atoms with E-state index in [1.165, 1.54) is 22.3 Å². The maximum atomic E-state index is 12.8. The number of hydrogen-bond donors (Lipinski definition) is 2. The van der Waals surface area contributed by atoms with Gasteiger partial charge in [-0.05, 0) is 34.4 Å². The standard InChI is InChI=1S/C23H19N3O/c27-23(25-22-13-24-21-9-5-4-8-20(21)22)26-14-18-11-10-17(12-19(18)15-26)16-6-2-1-3-7-16/h1-13,24H,14-15H2,(H,25,27). The van der Waals surface area contributed by atoms with Gasteiger partial charge in [0.2, 0.25) is 0 Å². The summed E-state index contributed by atoms with van der Waals surface area (Å²) in [5.41, 5.74) is 6.64. The predicted octanol–water partition coefficient (Wildman–Crippen LogP) is 5.38. The van der Waals surface area contributed by atoms with Crippen LogP contribution in [0.1, 0.15) is 11.1 Å². The van der Waals surface area contributed by atoms with Gasteiger partial charge in [0.1, 0.15) is 0 Å². The molecule has 0 saturated carbocycles. The van der Waals surface area contributed by atoms with Gasteiger partial charge in [-0.25, -0.2) is 4.79 Å². The van der Waals surface area contributed by atoms with Gasteiger partial charge < -0.3 is 15.2 Å². The van der Waals surface area contributed by atoms with Crippen LogP contribution >= 0.6 is 0 Å². The normalized spacial score (nSPS) is 13.0. The third kappa shape index (κ3) is 2.85. The average Bonchev–Trinajstić information content (AvgIpc) is 3.32. The number of fused-ring (bicyclic) bond motifs is 2. The van der Waals surface area contributed by atoms with E-state index in [1.807, 2.05) is 53.6 Å². The maximum Gasteiger partial charge on any atom is 0.322 e. The Morgan fingerprint density at radius 3 is 2.52 bits per heavy atom. The zero-order valence-corrected chi connectivity index (χ0v) is 14.8. The molecular weight excluding hydrogens is 334 g/mol. The van der Waals surface area contributed by atoms with E-state index in [2.05, 4.69) is 40.6 Å². The van der Waals surface area contributed by atoms with Gasteiger partial charge in [-0.15, -0.1) is 0 Å². The molecule has 4 nitrogen and oxygen atoms in total. The number of hydrogen-bond acceptors (Lipinski definition) is 1. The van der Waals surface area contributed by atoms with Crippen LogP contribution in [0.15, 0.2) is 79.0 Å². The van der Waals surface area contributed by atoms with Crippen LogP contribution in [0.25, 0.3) is 22.0 Å². The van der Waals surface area contributed by atoms with Crippen molar-refractivity contribution >= 4 is 22.6 Å². The lowest BCUT2D eigenvalue weighted by atomic mass is 10.0. The lowest BCUT2D eigenvalue weighted by Crippen LogP contribution is -2.30. The summed E-state index contributed by atoms with van der Waals surface area (Å²) in [6.07, 6.45) is 1.85. The number of anilines is 1. The van der Waals surface area contributed by atoms with Crippen molar-refractivity contribution in [1.82, 2.24) is 9.88 Å². The topological polar surface area (TPSA) is 48.1 Å². The number of benzene rings is 3. The first-order chi connectivity index (χ1) is 13.3. The molecule has 1 aromatic heterocycles. The number of urea groups is 1. The molecule has 2 amide bonds. The molecule has 0 saturated heterocycles. The van der Waals surface area contributed by atoms with Crippen molar-refractivity contribution in [3.8, 4) is 11.1 Å². The van der Waals surface area contributed by atoms with E-state index in [0.717, 1.165) is 16.6 Å². The smallest absolute Gasteiger partial charge is 0.322 e. The predicted molar refractivity (Wildman–Crippen MR) is 108 cm³/mol. The van der Waals surface area contributed by atoms with Crippen molar-refractivity contribution in [2.75, 3.05) is 5.32 Å². The zero-order chi connectivity index (χ0) is 18.2. The fourth-order valence-electron chi connectivity index (χ4n) is 3.72. The van der Waals surface area contributed by atoms with Crippen LogP contribution in [0.4, 0.5) is 10.5 Å². The number of nitrogens with zero attached hydrogens (tertiary/aromatic N) is 1. The van der Waals surface area contributed by atoms with Crippen molar-refractivity contribution in [1.29, 1.82) is 0 Å². The summed E-state index contributed by atoms with van der Waals surface area (Å²) in [7, 11) is 0. The first-order valence-corrected chi connectivity index (χ1v) is 9.07. The highest BCUT2D eigenvalue weighted by Gasteiger charge is 2.24. The summed E-state index contributed by atoms with van der Waals surface area (Å²) in [4.78, 5) is 17.8. The first kappa shape index (κ1) is 15.7. The molecule has 2 N–H and O–H groups in total. The Balaban J connectivity index is 1.35. The maximum absolute atomic E-state index is 12.8. The monoisotopic (exact) mass is 353 g/mol. The van der Waals surface area contributed by atoms with Crippen molar-refractivity contribution in [2.24, 2.45) is 0 Å². The summed E-state index contributed by atoms with van der Waals surface area (Å²) < 4.78 is 0. The number of amides is 2. The van der Waals surface area contributed by atoms with Crippen LogP contribution in [0, 0.1) is 0 Å². The number of carbonyl (C=O) groups is 1. The molecule has 0 unspecified atom stereocenters. The second-order valence-corrected chi connectivity index (χ2v) is 6.88. The van der Waals surface area contributed by atoms with E-state index in [4.69, 9.17) is 0 Å². The number of nitrogens with one attached hydrogen (secondary N) is 2. The van der Waals surface area contributed by atoms with Crippen LogP contribution < -0.4 is 5.32 Å². The molecule has 0 atom stereocenters. The average molecular weight is 353 g/mol. The van der Waals surface area contributed by atoms with Gasteiger partial charge in [-0.3, -0.25) is 0 Å². The van der Waals surface area contributed by atoms with Crippen LogP contribution in [0.3, 0.4) is 0 Å². The number of aromatic amines is 1. The van der Waals surface area contributed by atoms with Gasteiger partial charge in [-0.1, -0.05) is 60.7 Å². The second-order valence-electron chi connectivity index (χ2n) is 6.88. The molecule has 5 rings (SSSR count). The Morgan fingerprint density at radius 2 is 1.63 bits per heavy atom. The molecule has 0 spiro atoms. The van der Waals surface area contributed by atoms with E-state index in [1.54, 1.807) is 0 Å². The van der Waals surface area contributed by atoms with Crippen molar-refractivity contribution in [3.63, 3.8) is 0 Å². The Labute approximate surface area is 157 Å². The molecule has 1 aliphatic rings. The minimum atomic E-state index is -0.0720. The lowest BCUT2D eigenvalue weighted by molar-refractivity contribution is 0.212. The molecule has 0 radical (unpaired) electrons. The third-order valence-electron chi connectivity index (χ3n) is 5.15. The SMILES string of the molecule is O=C(Nc1c[nH]c2ccccc12)N1Cc2ccc(-c3ccccc3)cc2C1. The van der Waals surface area contributed by atoms with E-state index in [9.17, 15) is 4.79 Å². The summed E-state index contributed by atoms with van der Waals surface area (Å²) in [6, 6.07) is 24.7. The van der Waals surface area contributed by atoms with Gasteiger partial charge >= 0.3 is 6.03 Å². The van der Waals surface area contributed by atoms with Crippen molar-refractivity contribution in [2.45, 2.75) is 13.1 Å². The number of para-hydroxylation sites is 1. The summed E-state index contributed by atoms with van der Waals surface area (Å²) >= 11 is 0. The first-order valence-electron chi connectivity index (χ1n) is 9.07. The molecule has 0 aliphatic carbocycles. The van der Waals surface area contributed by atoms with E-state index in [0.29, 0.717) is 13.1 Å². The fourth-order valence-corrected chi connectivity index (χ4v) is 3.72. The second kappa shape index (κ2) is 6.32. The molecule has 27 heavy (non-hydrogen) atoms. The Kier molecular flexibility index (Phi) is 3.68. The van der Waals surface area contributed by atoms with Crippen LogP contribution in [0.2, 0.25) is 0 Å². The molecule has 132 valence electrons. The quantitative estimate of drug-likeness (QED) is 0.499. The number of H-pyrrole nitrogens is 1. The molecule has 0 fully saturated rings. The largest absolute Gasteiger partial charge is 0.359 e. The van der Waals surface area contributed by atoms with E-state index < -0.39 is 0 Å². The number of carbonyl (C=O) groups excluding carboxylic acids is 1. The van der Waals surface area contributed by atoms with Gasteiger partial charge in [0.15, 0.2) is 0 Å². The van der Waals surface area contributed by atoms with Crippen LogP contribution in [0.5, 0.6) is 0 Å². The lowest BCUT2D eigenvalue weighted by Gasteiger charge is -2.16. The molecule has 4 aromatic rings. The van der Waals surface area contributed by atoms with Crippen molar-refractivity contribution < 1.29 is 4.79 Å². The zero-order valence-electron chi connectivity index (χ0n) is 14.8. The molecule has 0 bridgehead atoms. The summed E-state index contributed by atoms with van der Waals surface area (Å²) in [6.45, 7) is 1.27. The van der Waals surface area contributed by atoms with Gasteiger partial charge in [-0.2, -0.15) is 0 Å². The Hall–Kier alpha value is -3.53. The van der Waals surface area contributed by atoms with Crippen LogP contribution in [-0.4, -0.2) is 15.9 Å². The highest BCUT2D eigenvalue weighted by molar-refractivity contribution is 6.01. The fraction of sp³-hybridized carbons (Fsp3) is 0.0870. The molecule has 1 aliphatic heterocycles. The minimum Gasteiger partial charge on any atom is -0.359 e. The summed E-state index contributed by atoms with van der Waals surface area (Å²) in [5, 5.41) is 4.07. The third-order valence-corrected chi connectivity index (χ3v) is 5.15. The number of aromatic nitrogens is 1. The molecule has 2 heterocycles. The van der Waals surface area contributed by atoms with Gasteiger partial charge in [0, 0.05) is 30.2 Å². The van der Waals surface area contributed by atoms with Gasteiger partial charge in [0.25, 0.3) is 0 Å². The number of rotatable bonds is 2. The molecule has 3 aromatic carbocycles. The van der Waals surface area contributed by atoms with Crippen LogP contribution in [-0.2, 0) is 13.1 Å². The van der Waals surface area contributed by atoms with E-state index in [-0.39, 0.29) is 6.03 Å². The molecule has 4 heteroatoms. The Morgan fingerprint density at radius 1 is 0.852 bits per heavy atom. The highest BCUT2D eigenvalue weighted by Crippen LogP contribution is 2.29. The van der Waals surface area contributed by atoms with Gasteiger partial charge in [0.05, 0.1) is 5.69 Å². The minimum absolute atomic E-state index is 0.0720. The highest BCUT2D eigenvalue weighted by atomic mass is 16.2. The van der Waals surface area contributed by atoms with Crippen molar-refractivity contribution in [3.05, 3.63) is 90.1 Å². The summed E-state index contributed by atoms with van der Waals surface area (Å²) in [5.74, 6) is 0. The molecular formula is C23H19N3O.